The molecule has 486 valence electrons. The number of rotatable bonds is 31. The maximum Gasteiger partial charge on any atom is 0.280 e. The van der Waals surface area contributed by atoms with Gasteiger partial charge in [0.2, 0.25) is 36.8 Å². The number of aliphatic hydroxyl groups excluding tert-OH is 3. The lowest BCUT2D eigenvalue weighted by Gasteiger charge is -2.45. The molecule has 36 heteroatoms. The minimum absolute atomic E-state index is 0.0341. The summed E-state index contributed by atoms with van der Waals surface area (Å²) in [6, 6.07) is -1.13. The van der Waals surface area contributed by atoms with Crippen molar-refractivity contribution in [2.24, 2.45) is 29.6 Å². The van der Waals surface area contributed by atoms with Crippen molar-refractivity contribution < 1.29 is 113 Å². The third kappa shape index (κ3) is 40.1. The SMILES string of the molecule is C=S(=O)(O)CC(=O)NCC(C)C=O.C=S(=O)(O)CCC(C(=O)NCC(C)C=O)S(=O)(=O)O.CC(C=O)CNC(=O)CP(C)(=O)O.CCC(O)C(O)C1OC(O)(C(=O)NCC(C)C=O)CC(O)C1NC(C)=O.CCCn1cc(CC(C)C=O)nn1. The molecule has 2 rings (SSSR count). The molecular formula is C48H87N8O24PS3. The van der Waals surface area contributed by atoms with E-state index < -0.39 is 150 Å². The maximum atomic E-state index is 12.3. The Bertz CT molecular complexity index is 2640. The first-order chi connectivity index (χ1) is 38.5. The predicted octanol–water partition coefficient (Wildman–Crippen LogP) is -3.78. The van der Waals surface area contributed by atoms with Crippen LogP contribution in [-0.2, 0) is 99.9 Å². The molecule has 0 saturated carbocycles. The molecule has 1 aliphatic rings. The molecule has 1 aliphatic heterocycles. The number of hydrogen-bond acceptors (Lipinski definition) is 22. The van der Waals surface area contributed by atoms with Crippen molar-refractivity contribution in [3.05, 3.63) is 11.9 Å². The van der Waals surface area contributed by atoms with Gasteiger partial charge in [-0.1, -0.05) is 53.7 Å². The Kier molecular flexibility index (Phi) is 40.4. The standard InChI is InChI=1S/C16H28N2O8.C9H15N3O.C9H17NO7S2.C7H14NO4P.C7H13NO4S/c1-4-10(21)13(23)14-12(18-9(3)20)11(22)5-16(25,26-14)15(24)17-6-8(2)7-19;1-3-4-12-6-9(10-11-12)5-8(2)7-13;1-7(6-11)5-10-9(12)8(19(15,16)17)3-4-18(2,13)14;2*1-6(4-9)3-8-7(10)5-13(2,11)12/h7-8,10-14,21-23,25H,4-6H2,1-3H3,(H,17,24)(H,18,20);6-8H,3-5H2,1-2H3;6-8H,2-5H2,1H3,(H,10,12)(H,13,14)(H,15,16,17);4,6H,3,5H2,1-2H3,(H,8,10)(H,11,12);4,6H,2-3,5H2,1H3,(H,8,10)(H,11,12). The summed E-state index contributed by atoms with van der Waals surface area (Å²) < 4.78 is 88.1. The van der Waals surface area contributed by atoms with Gasteiger partial charge in [0.1, 0.15) is 55.6 Å². The number of aromatic nitrogens is 3. The van der Waals surface area contributed by atoms with E-state index in [0.29, 0.717) is 31.6 Å². The van der Waals surface area contributed by atoms with Crippen LogP contribution in [0.1, 0.15) is 86.8 Å². The zero-order valence-electron chi connectivity index (χ0n) is 48.5. The van der Waals surface area contributed by atoms with Crippen LogP contribution in [0.4, 0.5) is 0 Å². The van der Waals surface area contributed by atoms with E-state index in [1.54, 1.807) is 27.7 Å². The molecule has 84 heavy (non-hydrogen) atoms. The van der Waals surface area contributed by atoms with Crippen molar-refractivity contribution >= 4 is 110 Å². The van der Waals surface area contributed by atoms with Gasteiger partial charge >= 0.3 is 0 Å². The van der Waals surface area contributed by atoms with Gasteiger partial charge in [-0.15, -0.1) is 5.10 Å². The second-order valence-corrected chi connectivity index (χ2v) is 27.8. The van der Waals surface area contributed by atoms with Gasteiger partial charge in [0.05, 0.1) is 43.5 Å². The Hall–Kier alpha value is -5.30. The van der Waals surface area contributed by atoms with E-state index in [4.69, 9.17) is 23.3 Å². The summed E-state index contributed by atoms with van der Waals surface area (Å²) in [5.41, 5.74) is 0.896. The molecule has 0 aliphatic carbocycles. The third-order valence-electron chi connectivity index (χ3n) is 10.8. The van der Waals surface area contributed by atoms with Gasteiger partial charge < -0.3 is 89.7 Å². The smallest absolute Gasteiger partial charge is 0.280 e. The summed E-state index contributed by atoms with van der Waals surface area (Å²) in [6.07, 6.45) is 0.147. The second-order valence-electron chi connectivity index (χ2n) is 20.0. The minimum atomic E-state index is -4.71. The maximum absolute atomic E-state index is 12.3. The van der Waals surface area contributed by atoms with Crippen LogP contribution in [0.25, 0.3) is 0 Å². The molecular weight excluding hydrogens is 1200 g/mol. The number of carbonyl (C=O) groups is 10. The van der Waals surface area contributed by atoms with Gasteiger partial charge in [-0.05, 0) is 31.0 Å². The van der Waals surface area contributed by atoms with E-state index in [0.717, 1.165) is 31.6 Å². The van der Waals surface area contributed by atoms with Crippen LogP contribution in [0.5, 0.6) is 0 Å². The molecule has 13 N–H and O–H groups in total. The lowest BCUT2D eigenvalue weighted by atomic mass is 9.88. The average Bonchev–Trinajstić information content (AvgIpc) is 4.00. The second kappa shape index (κ2) is 40.9. The quantitative estimate of drug-likeness (QED) is 0.0147. The number of aliphatic hydroxyl groups is 4. The lowest BCUT2D eigenvalue weighted by Crippen LogP contribution is -2.68. The number of ether oxygens (including phenoxy) is 1. The number of carbonyl (C=O) groups excluding carboxylic acids is 10. The van der Waals surface area contributed by atoms with E-state index in [-0.39, 0.29) is 50.4 Å². The molecule has 5 amide bonds. The Morgan fingerprint density at radius 1 is 0.798 bits per heavy atom. The third-order valence-corrected chi connectivity index (χ3v) is 14.4. The van der Waals surface area contributed by atoms with E-state index in [1.807, 2.05) is 17.8 Å². The van der Waals surface area contributed by atoms with Gasteiger partial charge in [-0.25, -0.2) is 8.42 Å². The summed E-state index contributed by atoms with van der Waals surface area (Å²) in [7, 11) is -14.7. The minimum Gasteiger partial charge on any atom is -0.391 e. The predicted molar refractivity (Wildman–Crippen MR) is 309 cm³/mol. The summed E-state index contributed by atoms with van der Waals surface area (Å²) in [5, 5.41) is 58.7. The summed E-state index contributed by atoms with van der Waals surface area (Å²) >= 11 is 0. The first kappa shape index (κ1) is 82.9. The van der Waals surface area contributed by atoms with E-state index in [2.05, 4.69) is 55.6 Å². The van der Waals surface area contributed by atoms with Crippen molar-refractivity contribution in [1.29, 1.82) is 0 Å². The number of hydrogen-bond donors (Lipinski definition) is 13. The van der Waals surface area contributed by atoms with Crippen LogP contribution in [0.15, 0.2) is 6.20 Å². The van der Waals surface area contributed by atoms with Crippen LogP contribution >= 0.6 is 7.37 Å². The monoisotopic (exact) mass is 1290 g/mol. The van der Waals surface area contributed by atoms with Crippen LogP contribution < -0.4 is 26.6 Å². The van der Waals surface area contributed by atoms with Crippen LogP contribution in [-0.4, -0.2) is 236 Å². The van der Waals surface area contributed by atoms with Crippen molar-refractivity contribution in [3.63, 3.8) is 0 Å². The molecule has 1 fully saturated rings. The van der Waals surface area contributed by atoms with Gasteiger partial charge in [0, 0.05) is 101 Å². The van der Waals surface area contributed by atoms with Gasteiger partial charge in [0.25, 0.3) is 16.0 Å². The van der Waals surface area contributed by atoms with Crippen LogP contribution in [0.2, 0.25) is 0 Å². The fourth-order valence-electron chi connectivity index (χ4n) is 6.22. The highest BCUT2D eigenvalue weighted by atomic mass is 32.2. The lowest BCUT2D eigenvalue weighted by molar-refractivity contribution is -0.286. The van der Waals surface area contributed by atoms with Gasteiger partial charge in [0.15, 0.2) is 5.25 Å². The first-order valence-electron chi connectivity index (χ1n) is 25.8. The molecule has 0 bridgehead atoms. The van der Waals surface area contributed by atoms with E-state index in [9.17, 15) is 89.8 Å². The Balaban J connectivity index is -0.00000101. The summed E-state index contributed by atoms with van der Waals surface area (Å²) in [5.74, 6) is -2.89. The fraction of sp³-hybridized carbons (Fsp3) is 0.708. The molecule has 32 nitrogen and oxygen atoms in total. The molecule has 0 radical (unpaired) electrons. The number of nitrogens with zero attached hydrogens (tertiary/aromatic N) is 3. The number of nitrogens with one attached hydrogen (secondary N) is 5. The molecule has 1 saturated heterocycles. The topological polar surface area (TPSA) is 518 Å². The van der Waals surface area contributed by atoms with Gasteiger partial charge in [-0.2, -0.15) is 8.42 Å². The molecule has 2 heterocycles. The number of amides is 5. The summed E-state index contributed by atoms with van der Waals surface area (Å²) in [4.78, 5) is 117. The van der Waals surface area contributed by atoms with E-state index >= 15 is 0 Å². The Morgan fingerprint density at radius 3 is 1.67 bits per heavy atom. The molecule has 1 aromatic rings. The zero-order chi connectivity index (χ0) is 66.0. The highest BCUT2D eigenvalue weighted by Crippen LogP contribution is 2.34. The fourth-order valence-corrected chi connectivity index (χ4v) is 8.90. The van der Waals surface area contributed by atoms with Crippen LogP contribution in [0.3, 0.4) is 0 Å². The molecule has 0 spiro atoms. The van der Waals surface area contributed by atoms with Crippen molar-refractivity contribution in [1.82, 2.24) is 41.6 Å². The first-order valence-corrected chi connectivity index (χ1v) is 33.3. The molecule has 15 atom stereocenters. The number of aldehydes is 5. The molecule has 1 aromatic heterocycles. The van der Waals surface area contributed by atoms with Crippen LogP contribution in [0, 0.1) is 29.6 Å². The van der Waals surface area contributed by atoms with Crippen molar-refractivity contribution in [2.45, 2.75) is 136 Å². The Morgan fingerprint density at radius 2 is 1.26 bits per heavy atom. The normalized spacial score (nSPS) is 21.3. The molecule has 0 aromatic carbocycles. The average molecular weight is 1290 g/mol. The Labute approximate surface area is 490 Å². The zero-order valence-corrected chi connectivity index (χ0v) is 51.9. The highest BCUT2D eigenvalue weighted by Gasteiger charge is 2.53. The number of aryl methyl sites for hydroxylation is 1. The van der Waals surface area contributed by atoms with Crippen molar-refractivity contribution in [3.8, 4) is 0 Å². The summed E-state index contributed by atoms with van der Waals surface area (Å²) in [6.45, 7) is 15.4. The van der Waals surface area contributed by atoms with Gasteiger partial charge in [-0.3, -0.25) is 37.8 Å². The van der Waals surface area contributed by atoms with Crippen molar-refractivity contribution in [2.75, 3.05) is 50.5 Å². The largest absolute Gasteiger partial charge is 0.391 e. The van der Waals surface area contributed by atoms with E-state index in [1.165, 1.54) is 13.8 Å². The molecule has 15 unspecified atom stereocenters. The highest BCUT2D eigenvalue weighted by molar-refractivity contribution is 7.95.